The van der Waals surface area contributed by atoms with Gasteiger partial charge in [0.25, 0.3) is 0 Å². The number of carbonyl (C=O) groups excluding carboxylic acids is 1. The molecule has 0 atom stereocenters. The molecule has 104 valence electrons. The molecule has 3 nitrogen and oxygen atoms in total. The largest absolute Gasteiger partial charge is 0.287 e. The molecule has 0 saturated heterocycles. The van der Waals surface area contributed by atoms with Crippen molar-refractivity contribution in [3.8, 4) is 5.69 Å². The third-order valence-electron chi connectivity index (χ3n) is 3.07. The van der Waals surface area contributed by atoms with Crippen LogP contribution in [0.5, 0.6) is 0 Å². The summed E-state index contributed by atoms with van der Waals surface area (Å²) in [6.45, 7) is 0. The highest BCUT2D eigenvalue weighted by molar-refractivity contribution is 6.08. The summed E-state index contributed by atoms with van der Waals surface area (Å²) in [4.78, 5) is 12.4. The summed E-state index contributed by atoms with van der Waals surface area (Å²) in [6, 6.07) is 13.7. The summed E-state index contributed by atoms with van der Waals surface area (Å²) >= 11 is 0. The van der Waals surface area contributed by atoms with Gasteiger partial charge in [-0.1, -0.05) is 24.3 Å². The molecule has 0 amide bonds. The third-order valence-corrected chi connectivity index (χ3v) is 3.07. The first kappa shape index (κ1) is 13.2. The van der Waals surface area contributed by atoms with Crippen molar-refractivity contribution < 1.29 is 13.6 Å². The smallest absolute Gasteiger partial charge is 0.217 e. The van der Waals surface area contributed by atoms with E-state index in [2.05, 4.69) is 5.10 Å². The number of para-hydroxylation sites is 1. The molecule has 0 aliphatic carbocycles. The SMILES string of the molecule is O=C(c1c(F)cccc1F)c1ccnn1-c1ccccc1. The fraction of sp³-hybridized carbons (Fsp3) is 0. The first-order chi connectivity index (χ1) is 10.2. The number of hydrogen-bond donors (Lipinski definition) is 0. The van der Waals surface area contributed by atoms with E-state index in [1.54, 1.807) is 24.3 Å². The standard InChI is InChI=1S/C16H10F2N2O/c17-12-7-4-8-13(18)15(12)16(21)14-9-10-19-20(14)11-5-2-1-3-6-11/h1-10H. The molecular weight excluding hydrogens is 274 g/mol. The number of carbonyl (C=O) groups is 1. The van der Waals surface area contributed by atoms with Gasteiger partial charge in [-0.25, -0.2) is 13.5 Å². The normalized spacial score (nSPS) is 10.6. The third kappa shape index (κ3) is 2.33. The van der Waals surface area contributed by atoms with Crippen LogP contribution < -0.4 is 0 Å². The van der Waals surface area contributed by atoms with Crippen LogP contribution in [0.1, 0.15) is 16.1 Å². The second-order valence-electron chi connectivity index (χ2n) is 4.39. The van der Waals surface area contributed by atoms with Crippen LogP contribution in [0.2, 0.25) is 0 Å². The fourth-order valence-corrected chi connectivity index (χ4v) is 2.09. The Morgan fingerprint density at radius 1 is 0.905 bits per heavy atom. The van der Waals surface area contributed by atoms with Crippen molar-refractivity contribution in [3.05, 3.63) is 83.7 Å². The Morgan fingerprint density at radius 2 is 1.57 bits per heavy atom. The quantitative estimate of drug-likeness (QED) is 0.691. The lowest BCUT2D eigenvalue weighted by Gasteiger charge is -2.08. The summed E-state index contributed by atoms with van der Waals surface area (Å²) in [7, 11) is 0. The number of benzene rings is 2. The molecular formula is C16H10F2N2O. The topological polar surface area (TPSA) is 34.9 Å². The van der Waals surface area contributed by atoms with Gasteiger partial charge in [0.15, 0.2) is 0 Å². The van der Waals surface area contributed by atoms with Crippen molar-refractivity contribution in [1.29, 1.82) is 0 Å². The summed E-state index contributed by atoms with van der Waals surface area (Å²) < 4.78 is 28.8. The predicted molar refractivity (Wildman–Crippen MR) is 73.4 cm³/mol. The highest BCUT2D eigenvalue weighted by Gasteiger charge is 2.22. The van der Waals surface area contributed by atoms with E-state index in [1.807, 2.05) is 6.07 Å². The maximum atomic E-state index is 13.7. The lowest BCUT2D eigenvalue weighted by molar-refractivity contribution is 0.102. The van der Waals surface area contributed by atoms with Gasteiger partial charge in [0.1, 0.15) is 17.3 Å². The van der Waals surface area contributed by atoms with Crippen LogP contribution in [0, 0.1) is 11.6 Å². The lowest BCUT2D eigenvalue weighted by atomic mass is 10.1. The zero-order valence-electron chi connectivity index (χ0n) is 10.8. The Hall–Kier alpha value is -2.82. The van der Waals surface area contributed by atoms with E-state index in [-0.39, 0.29) is 5.69 Å². The second kappa shape index (κ2) is 5.28. The van der Waals surface area contributed by atoms with Gasteiger partial charge in [0, 0.05) is 0 Å². The molecule has 3 rings (SSSR count). The minimum absolute atomic E-state index is 0.102. The molecule has 0 spiro atoms. The molecule has 0 unspecified atom stereocenters. The second-order valence-corrected chi connectivity index (χ2v) is 4.39. The van der Waals surface area contributed by atoms with Crippen LogP contribution in [0.4, 0.5) is 8.78 Å². The van der Waals surface area contributed by atoms with Gasteiger partial charge in [-0.3, -0.25) is 4.79 Å². The van der Waals surface area contributed by atoms with Crippen LogP contribution >= 0.6 is 0 Å². The molecule has 5 heteroatoms. The van der Waals surface area contributed by atoms with E-state index < -0.39 is 23.0 Å². The van der Waals surface area contributed by atoms with E-state index in [1.165, 1.54) is 23.0 Å². The number of ketones is 1. The van der Waals surface area contributed by atoms with Crippen molar-refractivity contribution in [2.75, 3.05) is 0 Å². The number of hydrogen-bond acceptors (Lipinski definition) is 2. The molecule has 0 aliphatic rings. The van der Waals surface area contributed by atoms with Crippen molar-refractivity contribution >= 4 is 5.78 Å². The first-order valence-electron chi connectivity index (χ1n) is 6.26. The maximum Gasteiger partial charge on any atom is 0.217 e. The number of aromatic nitrogens is 2. The summed E-state index contributed by atoms with van der Waals surface area (Å²) in [5.74, 6) is -2.52. The molecule has 0 saturated carbocycles. The van der Waals surface area contributed by atoms with Crippen molar-refractivity contribution in [2.45, 2.75) is 0 Å². The van der Waals surface area contributed by atoms with Crippen molar-refractivity contribution in [2.24, 2.45) is 0 Å². The number of nitrogens with zero attached hydrogens (tertiary/aromatic N) is 2. The molecule has 1 heterocycles. The molecule has 0 bridgehead atoms. The van der Waals surface area contributed by atoms with Gasteiger partial charge < -0.3 is 0 Å². The van der Waals surface area contributed by atoms with Gasteiger partial charge in [-0.05, 0) is 30.3 Å². The molecule has 0 radical (unpaired) electrons. The Morgan fingerprint density at radius 3 is 2.24 bits per heavy atom. The molecule has 0 fully saturated rings. The van der Waals surface area contributed by atoms with E-state index in [0.29, 0.717) is 5.69 Å². The summed E-state index contributed by atoms with van der Waals surface area (Å²) in [6.07, 6.45) is 1.42. The van der Waals surface area contributed by atoms with E-state index in [9.17, 15) is 13.6 Å². The average molecular weight is 284 g/mol. The Kier molecular flexibility index (Phi) is 3.31. The molecule has 0 N–H and O–H groups in total. The van der Waals surface area contributed by atoms with E-state index in [0.717, 1.165) is 12.1 Å². The minimum atomic E-state index is -0.888. The van der Waals surface area contributed by atoms with Crippen LogP contribution in [0.25, 0.3) is 5.69 Å². The van der Waals surface area contributed by atoms with Crippen LogP contribution in [0.3, 0.4) is 0 Å². The minimum Gasteiger partial charge on any atom is -0.287 e. The molecule has 2 aromatic carbocycles. The van der Waals surface area contributed by atoms with Crippen LogP contribution in [-0.4, -0.2) is 15.6 Å². The van der Waals surface area contributed by atoms with Crippen LogP contribution in [-0.2, 0) is 0 Å². The Balaban J connectivity index is 2.11. The highest BCUT2D eigenvalue weighted by atomic mass is 19.1. The zero-order chi connectivity index (χ0) is 14.8. The van der Waals surface area contributed by atoms with Gasteiger partial charge in [-0.2, -0.15) is 5.10 Å². The zero-order valence-corrected chi connectivity index (χ0v) is 10.8. The molecule has 3 aromatic rings. The number of halogens is 2. The van der Waals surface area contributed by atoms with Gasteiger partial charge >= 0.3 is 0 Å². The van der Waals surface area contributed by atoms with Crippen molar-refractivity contribution in [3.63, 3.8) is 0 Å². The Bertz CT molecular complexity index is 777. The fourth-order valence-electron chi connectivity index (χ4n) is 2.09. The van der Waals surface area contributed by atoms with E-state index >= 15 is 0 Å². The molecule has 21 heavy (non-hydrogen) atoms. The van der Waals surface area contributed by atoms with E-state index in [4.69, 9.17) is 0 Å². The Labute approximate surface area is 119 Å². The lowest BCUT2D eigenvalue weighted by Crippen LogP contribution is -2.13. The van der Waals surface area contributed by atoms with Gasteiger partial charge in [0.2, 0.25) is 5.78 Å². The highest BCUT2D eigenvalue weighted by Crippen LogP contribution is 2.19. The average Bonchev–Trinajstić information content (AvgIpc) is 2.97. The van der Waals surface area contributed by atoms with Gasteiger partial charge in [0.05, 0.1) is 17.4 Å². The summed E-state index contributed by atoms with van der Waals surface area (Å²) in [5, 5.41) is 4.04. The van der Waals surface area contributed by atoms with Gasteiger partial charge in [-0.15, -0.1) is 0 Å². The molecule has 0 aliphatic heterocycles. The number of rotatable bonds is 3. The predicted octanol–water partition coefficient (Wildman–Crippen LogP) is 3.38. The summed E-state index contributed by atoms with van der Waals surface area (Å²) in [5.41, 5.74) is 0.169. The van der Waals surface area contributed by atoms with Crippen LogP contribution in [0.15, 0.2) is 60.8 Å². The molecule has 1 aromatic heterocycles. The first-order valence-corrected chi connectivity index (χ1v) is 6.26. The maximum absolute atomic E-state index is 13.7. The van der Waals surface area contributed by atoms with Crippen molar-refractivity contribution in [1.82, 2.24) is 9.78 Å². The monoisotopic (exact) mass is 284 g/mol.